The fourth-order valence-electron chi connectivity index (χ4n) is 2.50. The minimum Gasteiger partial charge on any atom is -0.497 e. The van der Waals surface area contributed by atoms with Crippen molar-refractivity contribution in [2.24, 2.45) is 0 Å². The fourth-order valence-corrected chi connectivity index (χ4v) is 5.49. The van der Waals surface area contributed by atoms with Gasteiger partial charge in [-0.3, -0.25) is 0 Å². The van der Waals surface area contributed by atoms with Crippen LogP contribution in [0.5, 0.6) is 11.5 Å². The van der Waals surface area contributed by atoms with Gasteiger partial charge in [0.05, 0.1) is 14.2 Å². The zero-order chi connectivity index (χ0) is 15.3. The van der Waals surface area contributed by atoms with E-state index in [9.17, 15) is 0 Å². The molecular weight excluding hydrogens is 284 g/mol. The van der Waals surface area contributed by atoms with Crippen LogP contribution in [0.4, 0.5) is 0 Å². The van der Waals surface area contributed by atoms with Crippen LogP contribution in [0.3, 0.4) is 0 Å². The van der Waals surface area contributed by atoms with E-state index in [1.807, 2.05) is 48.5 Å². The molecule has 0 aliphatic carbocycles. The summed E-state index contributed by atoms with van der Waals surface area (Å²) >= 11 is 0. The lowest BCUT2D eigenvalue weighted by atomic mass is 10.3. The SMILES string of the molecule is COc1ccccc1[Si](OC)(OC)c1ccccc1OC. The number of para-hydroxylation sites is 2. The summed E-state index contributed by atoms with van der Waals surface area (Å²) < 4.78 is 22.8. The monoisotopic (exact) mass is 304 g/mol. The Morgan fingerprint density at radius 1 is 0.619 bits per heavy atom. The molecule has 0 aliphatic rings. The number of methoxy groups -OCH3 is 2. The van der Waals surface area contributed by atoms with Crippen molar-refractivity contribution >= 4 is 18.9 Å². The fraction of sp³-hybridized carbons (Fsp3) is 0.250. The third-order valence-corrected chi connectivity index (χ3v) is 6.89. The van der Waals surface area contributed by atoms with E-state index in [4.69, 9.17) is 18.3 Å². The predicted molar refractivity (Wildman–Crippen MR) is 85.0 cm³/mol. The number of hydrogen-bond acceptors (Lipinski definition) is 4. The van der Waals surface area contributed by atoms with Crippen molar-refractivity contribution in [3.8, 4) is 11.5 Å². The molecule has 0 unspecified atom stereocenters. The van der Waals surface area contributed by atoms with E-state index in [0.29, 0.717) is 0 Å². The van der Waals surface area contributed by atoms with Crippen LogP contribution in [0.2, 0.25) is 0 Å². The predicted octanol–water partition coefficient (Wildman–Crippen LogP) is 1.55. The standard InChI is InChI=1S/C16H20O4Si/c1-17-13-9-5-7-11-15(13)21(19-3,20-4)16-12-8-6-10-14(16)18-2/h5-12H,1-4H3. The lowest BCUT2D eigenvalue weighted by molar-refractivity contribution is 0.269. The molecule has 0 N–H and O–H groups in total. The highest BCUT2D eigenvalue weighted by atomic mass is 28.4. The van der Waals surface area contributed by atoms with E-state index >= 15 is 0 Å². The first-order chi connectivity index (χ1) is 10.2. The maximum absolute atomic E-state index is 5.90. The second-order valence-corrected chi connectivity index (χ2v) is 7.55. The molecule has 5 heteroatoms. The smallest absolute Gasteiger partial charge is 0.414 e. The highest BCUT2D eigenvalue weighted by Crippen LogP contribution is 2.20. The van der Waals surface area contributed by atoms with Crippen LogP contribution < -0.4 is 19.8 Å². The molecule has 0 heterocycles. The second-order valence-electron chi connectivity index (χ2n) is 4.43. The second kappa shape index (κ2) is 6.75. The molecule has 2 aromatic rings. The van der Waals surface area contributed by atoms with Gasteiger partial charge < -0.3 is 18.3 Å². The van der Waals surface area contributed by atoms with Crippen molar-refractivity contribution in [1.29, 1.82) is 0 Å². The molecule has 0 saturated heterocycles. The van der Waals surface area contributed by atoms with Crippen LogP contribution in [0.1, 0.15) is 0 Å². The van der Waals surface area contributed by atoms with Crippen molar-refractivity contribution in [1.82, 2.24) is 0 Å². The van der Waals surface area contributed by atoms with Crippen molar-refractivity contribution in [3.05, 3.63) is 48.5 Å². The highest BCUT2D eigenvalue weighted by molar-refractivity contribution is 6.93. The molecule has 0 fully saturated rings. The Kier molecular flexibility index (Phi) is 5.01. The molecule has 2 rings (SSSR count). The maximum atomic E-state index is 5.90. The Balaban J connectivity index is 2.71. The number of rotatable bonds is 6. The summed E-state index contributed by atoms with van der Waals surface area (Å²) in [6, 6.07) is 15.5. The Hall–Kier alpha value is -1.82. The molecule has 0 saturated carbocycles. The third kappa shape index (κ3) is 2.67. The summed E-state index contributed by atoms with van der Waals surface area (Å²) in [5, 5.41) is 1.84. The van der Waals surface area contributed by atoms with Gasteiger partial charge in [-0.25, -0.2) is 0 Å². The van der Waals surface area contributed by atoms with E-state index in [-0.39, 0.29) is 0 Å². The first-order valence-corrected chi connectivity index (χ1v) is 8.42. The molecule has 0 aliphatic heterocycles. The molecule has 112 valence electrons. The Morgan fingerprint density at radius 3 is 1.33 bits per heavy atom. The molecule has 0 spiro atoms. The molecule has 0 atom stereocenters. The van der Waals surface area contributed by atoms with Crippen LogP contribution in [0.15, 0.2) is 48.5 Å². The average Bonchev–Trinajstić information content (AvgIpc) is 2.57. The average molecular weight is 304 g/mol. The van der Waals surface area contributed by atoms with Gasteiger partial charge in [0, 0.05) is 24.6 Å². The molecule has 0 aromatic heterocycles. The van der Waals surface area contributed by atoms with E-state index in [1.165, 1.54) is 0 Å². The van der Waals surface area contributed by atoms with E-state index in [2.05, 4.69) is 0 Å². The summed E-state index contributed by atoms with van der Waals surface area (Å²) in [5.74, 6) is 1.50. The number of hydrogen-bond donors (Lipinski definition) is 0. The van der Waals surface area contributed by atoms with E-state index < -0.39 is 8.56 Å². The van der Waals surface area contributed by atoms with Crippen LogP contribution >= 0.6 is 0 Å². The summed E-state index contributed by atoms with van der Waals surface area (Å²) in [6.07, 6.45) is 0. The van der Waals surface area contributed by atoms with Crippen LogP contribution in [-0.4, -0.2) is 37.0 Å². The Labute approximate surface area is 126 Å². The van der Waals surface area contributed by atoms with Crippen LogP contribution in [-0.2, 0) is 8.85 Å². The molecule has 4 nitrogen and oxygen atoms in total. The number of benzene rings is 2. The third-order valence-electron chi connectivity index (χ3n) is 3.50. The maximum Gasteiger partial charge on any atom is 0.414 e. The van der Waals surface area contributed by atoms with Gasteiger partial charge in [-0.2, -0.15) is 0 Å². The summed E-state index contributed by atoms with van der Waals surface area (Å²) in [7, 11) is 3.73. The first-order valence-electron chi connectivity index (χ1n) is 6.60. The van der Waals surface area contributed by atoms with Crippen LogP contribution in [0, 0.1) is 0 Å². The topological polar surface area (TPSA) is 36.9 Å². The summed E-state index contributed by atoms with van der Waals surface area (Å²) in [4.78, 5) is 0. The van der Waals surface area contributed by atoms with Crippen molar-refractivity contribution in [3.63, 3.8) is 0 Å². The van der Waals surface area contributed by atoms with Gasteiger partial charge in [0.15, 0.2) is 0 Å². The Morgan fingerprint density at radius 2 is 1.00 bits per heavy atom. The van der Waals surface area contributed by atoms with Gasteiger partial charge in [-0.1, -0.05) is 36.4 Å². The normalized spacial score (nSPS) is 11.2. The molecule has 0 amide bonds. The van der Waals surface area contributed by atoms with Crippen molar-refractivity contribution in [2.45, 2.75) is 0 Å². The lowest BCUT2D eigenvalue weighted by Gasteiger charge is -2.30. The first kappa shape index (κ1) is 15.6. The molecule has 2 aromatic carbocycles. The minimum atomic E-state index is -2.88. The lowest BCUT2D eigenvalue weighted by Crippen LogP contribution is -2.62. The zero-order valence-corrected chi connectivity index (χ0v) is 13.8. The van der Waals surface area contributed by atoms with E-state index in [1.54, 1.807) is 28.4 Å². The van der Waals surface area contributed by atoms with Gasteiger partial charge in [0.25, 0.3) is 0 Å². The highest BCUT2D eigenvalue weighted by Gasteiger charge is 2.45. The summed E-state index contributed by atoms with van der Waals surface area (Å²) in [5.41, 5.74) is 0. The van der Waals surface area contributed by atoms with Gasteiger partial charge in [0.2, 0.25) is 0 Å². The Bertz CT molecular complexity index is 547. The van der Waals surface area contributed by atoms with Crippen molar-refractivity contribution in [2.75, 3.05) is 28.4 Å². The van der Waals surface area contributed by atoms with Gasteiger partial charge >= 0.3 is 8.56 Å². The van der Waals surface area contributed by atoms with Gasteiger partial charge in [0.1, 0.15) is 11.5 Å². The molecule has 21 heavy (non-hydrogen) atoms. The van der Waals surface area contributed by atoms with Crippen molar-refractivity contribution < 1.29 is 18.3 Å². The number of ether oxygens (including phenoxy) is 2. The minimum absolute atomic E-state index is 0.749. The zero-order valence-electron chi connectivity index (χ0n) is 12.8. The largest absolute Gasteiger partial charge is 0.497 e. The summed E-state index contributed by atoms with van der Waals surface area (Å²) in [6.45, 7) is 0. The molecule has 0 radical (unpaired) electrons. The molecular formula is C16H20O4Si. The van der Waals surface area contributed by atoms with Gasteiger partial charge in [-0.15, -0.1) is 0 Å². The molecule has 0 bridgehead atoms. The van der Waals surface area contributed by atoms with Crippen LogP contribution in [0.25, 0.3) is 0 Å². The quantitative estimate of drug-likeness (QED) is 0.759. The van der Waals surface area contributed by atoms with E-state index in [0.717, 1.165) is 21.9 Å². The van der Waals surface area contributed by atoms with Gasteiger partial charge in [-0.05, 0) is 12.1 Å².